The van der Waals surface area contributed by atoms with Gasteiger partial charge in [0.05, 0.1) is 22.1 Å². The molecular weight excluding hydrogens is 1900 g/mol. The van der Waals surface area contributed by atoms with E-state index >= 15 is 0 Å². The summed E-state index contributed by atoms with van der Waals surface area (Å²) in [5.41, 5.74) is 32.2. The summed E-state index contributed by atoms with van der Waals surface area (Å²) in [6, 6.07) is 144. The summed E-state index contributed by atoms with van der Waals surface area (Å²) in [6.07, 6.45) is 7.28. The molecule has 0 saturated carbocycles. The van der Waals surface area contributed by atoms with Crippen molar-refractivity contribution >= 4 is 77.7 Å². The molecule has 604 valence electrons. The molecule has 0 saturated heterocycles. The molecule has 0 amide bonds. The molecule has 0 atom stereocenters. The minimum atomic E-state index is -0.217. The maximum Gasteiger partial charge on any atom is 2.00 e. The molecule has 0 aliphatic heterocycles. The van der Waals surface area contributed by atoms with Gasteiger partial charge in [0.15, 0.2) is 11.6 Å². The fourth-order valence-electron chi connectivity index (χ4n) is 18.4. The van der Waals surface area contributed by atoms with Gasteiger partial charge in [0.1, 0.15) is 0 Å². The average molecular weight is 1980 g/mol. The van der Waals surface area contributed by atoms with Gasteiger partial charge in [0.2, 0.25) is 5.95 Å². The second-order valence-electron chi connectivity index (χ2n) is 32.5. The number of hydrogen-bond donors (Lipinski definition) is 0. The maximum atomic E-state index is 5.28. The van der Waals surface area contributed by atoms with E-state index in [1.807, 2.05) is 134 Å². The largest absolute Gasteiger partial charge is 2.00 e. The molecule has 0 unspecified atom stereocenters. The molecule has 23 rings (SSSR count). The van der Waals surface area contributed by atoms with Gasteiger partial charge in [-0.1, -0.05) is 222 Å². The van der Waals surface area contributed by atoms with Crippen LogP contribution < -0.4 is 9.80 Å². The molecule has 0 N–H and O–H groups in total. The van der Waals surface area contributed by atoms with Gasteiger partial charge in [-0.25, -0.2) is 4.98 Å². The van der Waals surface area contributed by atoms with Crippen molar-refractivity contribution in [3.8, 4) is 113 Å². The monoisotopic (exact) mass is 1980 g/mol. The van der Waals surface area contributed by atoms with E-state index < -0.39 is 0 Å². The topological polar surface area (TPSA) is 107 Å². The van der Waals surface area contributed by atoms with Crippen LogP contribution in [-0.2, 0) is 53.0 Å². The van der Waals surface area contributed by atoms with E-state index in [0.29, 0.717) is 17.6 Å². The van der Waals surface area contributed by atoms with Gasteiger partial charge in [-0.3, -0.25) is 4.57 Å². The Hall–Kier alpha value is -14.7. The van der Waals surface area contributed by atoms with Gasteiger partial charge in [-0.05, 0) is 204 Å². The number of fused-ring (bicyclic) bond motifs is 12. The van der Waals surface area contributed by atoms with Gasteiger partial charge < -0.3 is 34.3 Å². The van der Waals surface area contributed by atoms with Crippen molar-refractivity contribution in [2.45, 2.75) is 38.5 Å². The molecule has 2 aliphatic carbocycles. The van der Waals surface area contributed by atoms with Crippen LogP contribution in [0.3, 0.4) is 0 Å². The van der Waals surface area contributed by atoms with Crippen LogP contribution in [0, 0.1) is 24.3 Å². The predicted molar refractivity (Wildman–Crippen MR) is 504 cm³/mol. The van der Waals surface area contributed by atoms with Crippen LogP contribution in [0.5, 0.6) is 0 Å². The van der Waals surface area contributed by atoms with Crippen LogP contribution in [0.1, 0.15) is 49.9 Å². The normalized spacial score (nSPS) is 12.4. The van der Waals surface area contributed by atoms with Crippen LogP contribution in [-0.4, -0.2) is 44.0 Å². The first-order chi connectivity index (χ1) is 61.0. The number of rotatable bonds is 15. The van der Waals surface area contributed by atoms with Crippen LogP contribution in [0.15, 0.2) is 395 Å². The Morgan fingerprint density at radius 1 is 0.254 bits per heavy atom. The van der Waals surface area contributed by atoms with E-state index in [4.69, 9.17) is 15.0 Å². The number of pyridine rings is 4. The minimum absolute atomic E-state index is 0. The van der Waals surface area contributed by atoms with Crippen molar-refractivity contribution in [3.63, 3.8) is 0 Å². The van der Waals surface area contributed by atoms with Crippen molar-refractivity contribution in [1.82, 2.24) is 44.0 Å². The van der Waals surface area contributed by atoms with Crippen LogP contribution >= 0.6 is 0 Å². The quantitative estimate of drug-likeness (QED) is 0.0928. The molecule has 7 aromatic heterocycles. The minimum Gasteiger partial charge on any atom is -0.346 e. The molecule has 0 fully saturated rings. The molecular formula is C113H77N11Pt2. The van der Waals surface area contributed by atoms with Crippen LogP contribution in [0.25, 0.3) is 156 Å². The van der Waals surface area contributed by atoms with E-state index in [-0.39, 0.29) is 53.0 Å². The maximum absolute atomic E-state index is 5.28. The first-order valence-electron chi connectivity index (χ1n) is 41.8. The van der Waals surface area contributed by atoms with Crippen LogP contribution in [0.4, 0.5) is 34.1 Å². The predicted octanol–water partition coefficient (Wildman–Crippen LogP) is 27.7. The molecule has 2 aliphatic rings. The number of nitrogens with zero attached hydrogens (tertiary/aromatic N) is 11. The van der Waals surface area contributed by atoms with E-state index in [0.717, 1.165) is 134 Å². The van der Waals surface area contributed by atoms with Crippen molar-refractivity contribution in [2.75, 3.05) is 9.80 Å². The molecule has 21 aromatic rings. The smallest absolute Gasteiger partial charge is 0.346 e. The van der Waals surface area contributed by atoms with Crippen molar-refractivity contribution in [1.29, 1.82) is 0 Å². The third-order valence-corrected chi connectivity index (χ3v) is 24.4. The van der Waals surface area contributed by atoms with Crippen molar-refractivity contribution in [2.24, 2.45) is 0 Å². The summed E-state index contributed by atoms with van der Waals surface area (Å²) in [5.74, 6) is 1.79. The molecule has 0 spiro atoms. The summed E-state index contributed by atoms with van der Waals surface area (Å²) in [4.78, 5) is 38.7. The fourth-order valence-corrected chi connectivity index (χ4v) is 18.4. The number of hydrogen-bond acceptors (Lipinski definition) is 9. The molecule has 7 heterocycles. The first-order valence-corrected chi connectivity index (χ1v) is 41.8. The Labute approximate surface area is 760 Å². The summed E-state index contributed by atoms with van der Waals surface area (Å²) < 4.78 is 4.65. The second kappa shape index (κ2) is 33.2. The molecule has 0 bridgehead atoms. The Kier molecular flexibility index (Phi) is 21.0. The summed E-state index contributed by atoms with van der Waals surface area (Å²) in [7, 11) is 0. The summed E-state index contributed by atoms with van der Waals surface area (Å²) in [5, 5.41) is 4.61. The first kappa shape index (κ1) is 79.7. The number of aromatic nitrogens is 9. The zero-order valence-corrected chi connectivity index (χ0v) is 73.6. The SMILES string of the molecule is CC1(C)c2ccccc2-c2cc3c4cc(-c5cccc(N(c6[c-]c(-c7ccccn7)ccc6)c6[c-]c(-c7ccccn7)ccc6)c5)ccc4n(-c4nc(-c5ccccc5)nc(-c5ccccc5)n4)c3cc21.CC1(C)c2ccccc2-c2cc3c4cc(N(c5[c-]c(-c6ccccn6)ccc5)c5[c-]c(-c6ccccn6)ccc5)ccc4n(-c4ccccc4)c3cc21.[Pt+2].[Pt+2]. The number of anilines is 6. The van der Waals surface area contributed by atoms with Gasteiger partial charge in [0, 0.05) is 85.4 Å². The number of para-hydroxylation sites is 1. The molecule has 13 heteroatoms. The number of benzene rings is 14. The van der Waals surface area contributed by atoms with Gasteiger partial charge in [-0.15, -0.1) is 119 Å². The molecule has 14 aromatic carbocycles. The van der Waals surface area contributed by atoms with Crippen molar-refractivity contribution < 1.29 is 42.1 Å². The molecule has 0 radical (unpaired) electrons. The van der Waals surface area contributed by atoms with E-state index in [9.17, 15) is 0 Å². The van der Waals surface area contributed by atoms with E-state index in [2.05, 4.69) is 352 Å². The Balaban J connectivity index is 0.000000163. The second-order valence-corrected chi connectivity index (χ2v) is 32.5. The van der Waals surface area contributed by atoms with Gasteiger partial charge in [0.25, 0.3) is 0 Å². The Morgan fingerprint density at radius 2 is 0.611 bits per heavy atom. The zero-order chi connectivity index (χ0) is 83.0. The van der Waals surface area contributed by atoms with Gasteiger partial charge in [-0.2, -0.15) is 9.97 Å². The van der Waals surface area contributed by atoms with Gasteiger partial charge >= 0.3 is 42.1 Å². The molecule has 126 heavy (non-hydrogen) atoms. The average Bonchev–Trinajstić information content (AvgIpc) is 1.55. The van der Waals surface area contributed by atoms with E-state index in [1.165, 1.54) is 60.8 Å². The summed E-state index contributed by atoms with van der Waals surface area (Å²) in [6.45, 7) is 9.35. The summed E-state index contributed by atoms with van der Waals surface area (Å²) >= 11 is 0. The third-order valence-electron chi connectivity index (χ3n) is 24.4. The standard InChI is InChI=1S/C64H43N7.C49H34N4.2Pt/c1-64(2)55-29-10-9-28-51(55)52-40-54-53-39-45(32-33-59(53)71(60(54)41-56(52)64)63-68-61(42-18-5-3-6-19-42)67-62(69-63)43-20-7-4-8-21-43)44-22-15-25-48(36-44)70(49-26-16-23-46(37-49)57-30-11-13-34-65-57)50-27-17-24-47(38-50)58-31-12-14-35-66-58;1-49(2)43-21-7-6-20-39(43)40-31-42-41-30-38(24-25-47(41)53(48(42)32-44(40)49)35-16-4-3-5-17-35)52(36-18-12-14-33(28-36)45-22-8-10-26-50-45)37-19-13-15-34(29-37)46-23-9-11-27-51-46;;/h3-36,39-41H,1-2H3;3-27,30-32H,1-2H3;;/q2*-2;2*+2. The van der Waals surface area contributed by atoms with Crippen molar-refractivity contribution in [3.05, 3.63) is 441 Å². The van der Waals surface area contributed by atoms with Crippen LogP contribution in [0.2, 0.25) is 0 Å². The Morgan fingerprint density at radius 3 is 1.06 bits per heavy atom. The fraction of sp³-hybridized carbons (Fsp3) is 0.0531. The third kappa shape index (κ3) is 14.3. The van der Waals surface area contributed by atoms with E-state index in [1.54, 1.807) is 0 Å². The zero-order valence-electron chi connectivity index (χ0n) is 69.1. The Bertz CT molecular complexity index is 7450. The molecule has 11 nitrogen and oxygen atoms in total.